The number of hydrogen-bond donors (Lipinski definition) is 0. The molecule has 0 fully saturated rings. The lowest BCUT2D eigenvalue weighted by Crippen LogP contribution is -2.09. The number of aryl methyl sites for hydroxylation is 2. The summed E-state index contributed by atoms with van der Waals surface area (Å²) in [7, 11) is 0. The maximum absolute atomic E-state index is 4.93. The molecule has 3 heterocycles. The monoisotopic (exact) mass is 471 g/mol. The van der Waals surface area contributed by atoms with Crippen LogP contribution in [0.1, 0.15) is 36.6 Å². The minimum Gasteiger partial charge on any atom is -0.245 e. The Bertz CT molecular complexity index is 1440. The zero-order valence-electron chi connectivity index (χ0n) is 21.1. The molecule has 5 nitrogen and oxygen atoms in total. The average molecular weight is 472 g/mol. The molecule has 0 radical (unpaired) electrons. The molecule has 0 amide bonds. The summed E-state index contributed by atoms with van der Waals surface area (Å²) < 4.78 is 3.96. The fourth-order valence-electron chi connectivity index (χ4n) is 4.22. The van der Waals surface area contributed by atoms with Crippen LogP contribution >= 0.6 is 0 Å². The maximum Gasteiger partial charge on any atom is 0.0867 e. The summed E-state index contributed by atoms with van der Waals surface area (Å²) >= 11 is 0. The number of hydrogen-bond acceptors (Lipinski definition) is 3. The molecule has 0 atom stereocenters. The third-order valence-electron chi connectivity index (χ3n) is 6.22. The van der Waals surface area contributed by atoms with Gasteiger partial charge in [-0.1, -0.05) is 66.7 Å². The van der Waals surface area contributed by atoms with Gasteiger partial charge in [0.1, 0.15) is 0 Å². The standard InChI is InChI=1S/C31H29N5/c1-22-18-20-30(26-12-7-5-8-13-26)35(22)33-24(3)28-16-11-17-29(32-28)25(4)34-36-23(2)19-21-31(36)27-14-9-6-10-15-27/h5-21H,1-4H3. The van der Waals surface area contributed by atoms with Gasteiger partial charge in [-0.05, 0) is 64.1 Å². The van der Waals surface area contributed by atoms with Gasteiger partial charge in [0, 0.05) is 22.5 Å². The quantitative estimate of drug-likeness (QED) is 0.242. The van der Waals surface area contributed by atoms with E-state index in [0.717, 1.165) is 56.7 Å². The van der Waals surface area contributed by atoms with Crippen LogP contribution in [0.4, 0.5) is 0 Å². The van der Waals surface area contributed by atoms with Gasteiger partial charge in [-0.2, -0.15) is 10.2 Å². The predicted octanol–water partition coefficient (Wildman–Crippen LogP) is 7.18. The lowest BCUT2D eigenvalue weighted by atomic mass is 10.2. The van der Waals surface area contributed by atoms with Gasteiger partial charge in [0.15, 0.2) is 0 Å². The van der Waals surface area contributed by atoms with Crippen LogP contribution in [0.5, 0.6) is 0 Å². The first-order valence-electron chi connectivity index (χ1n) is 12.1. The molecular weight excluding hydrogens is 442 g/mol. The van der Waals surface area contributed by atoms with E-state index in [0.29, 0.717) is 0 Å². The topological polar surface area (TPSA) is 47.5 Å². The van der Waals surface area contributed by atoms with Gasteiger partial charge in [0.25, 0.3) is 0 Å². The molecule has 0 aliphatic carbocycles. The van der Waals surface area contributed by atoms with Gasteiger partial charge < -0.3 is 0 Å². The second-order valence-electron chi connectivity index (χ2n) is 8.85. The summed E-state index contributed by atoms with van der Waals surface area (Å²) in [6, 6.07) is 35.0. The number of pyridine rings is 1. The molecule has 2 aromatic carbocycles. The summed E-state index contributed by atoms with van der Waals surface area (Å²) in [5.74, 6) is 0. The number of nitrogens with zero attached hydrogens (tertiary/aromatic N) is 5. The fraction of sp³-hybridized carbons (Fsp3) is 0.129. The summed E-state index contributed by atoms with van der Waals surface area (Å²) in [4.78, 5) is 4.91. The van der Waals surface area contributed by atoms with E-state index in [1.807, 2.05) is 77.8 Å². The molecule has 36 heavy (non-hydrogen) atoms. The van der Waals surface area contributed by atoms with Crippen molar-refractivity contribution in [2.75, 3.05) is 0 Å². The van der Waals surface area contributed by atoms with Gasteiger partial charge >= 0.3 is 0 Å². The van der Waals surface area contributed by atoms with Crippen LogP contribution in [0.15, 0.2) is 113 Å². The summed E-state index contributed by atoms with van der Waals surface area (Å²) in [5.41, 5.74) is 9.81. The zero-order valence-corrected chi connectivity index (χ0v) is 21.1. The molecule has 0 bridgehead atoms. The molecule has 0 aliphatic heterocycles. The average Bonchev–Trinajstić information content (AvgIpc) is 3.47. The molecule has 5 heteroatoms. The van der Waals surface area contributed by atoms with E-state index in [2.05, 4.69) is 62.4 Å². The minimum absolute atomic E-state index is 0.821. The van der Waals surface area contributed by atoms with Gasteiger partial charge in [0.2, 0.25) is 0 Å². The van der Waals surface area contributed by atoms with Crippen molar-refractivity contribution in [3.05, 3.63) is 126 Å². The van der Waals surface area contributed by atoms with Crippen LogP contribution in [0.25, 0.3) is 22.5 Å². The lowest BCUT2D eigenvalue weighted by Gasteiger charge is -2.10. The minimum atomic E-state index is 0.821. The summed E-state index contributed by atoms with van der Waals surface area (Å²) in [6.45, 7) is 8.12. The Hall–Kier alpha value is -4.51. The number of aromatic nitrogens is 3. The van der Waals surface area contributed by atoms with Crippen molar-refractivity contribution in [2.45, 2.75) is 27.7 Å². The summed E-state index contributed by atoms with van der Waals surface area (Å²) in [5, 5.41) is 9.87. The summed E-state index contributed by atoms with van der Waals surface area (Å²) in [6.07, 6.45) is 0. The smallest absolute Gasteiger partial charge is 0.0867 e. The molecule has 5 rings (SSSR count). The van der Waals surface area contributed by atoms with E-state index < -0.39 is 0 Å². The fourth-order valence-corrected chi connectivity index (χ4v) is 4.22. The van der Waals surface area contributed by atoms with Crippen LogP contribution in [0.2, 0.25) is 0 Å². The molecule has 3 aromatic heterocycles. The highest BCUT2D eigenvalue weighted by Gasteiger charge is 2.11. The van der Waals surface area contributed by atoms with Crippen LogP contribution in [0.3, 0.4) is 0 Å². The molecule has 0 aliphatic rings. The predicted molar refractivity (Wildman–Crippen MR) is 149 cm³/mol. The van der Waals surface area contributed by atoms with E-state index in [9.17, 15) is 0 Å². The number of benzene rings is 2. The van der Waals surface area contributed by atoms with Crippen molar-refractivity contribution < 1.29 is 0 Å². The third-order valence-corrected chi connectivity index (χ3v) is 6.22. The largest absolute Gasteiger partial charge is 0.245 e. The molecule has 0 saturated carbocycles. The van der Waals surface area contributed by atoms with Gasteiger partial charge in [-0.3, -0.25) is 0 Å². The SMILES string of the molecule is CC(=Nn1c(C)ccc1-c1ccccc1)c1cccc(C(C)=Nn2c(C)ccc2-c2ccccc2)n1. The Morgan fingerprint density at radius 1 is 0.528 bits per heavy atom. The Kier molecular flexibility index (Phi) is 6.46. The molecule has 0 N–H and O–H groups in total. The van der Waals surface area contributed by atoms with E-state index in [4.69, 9.17) is 15.2 Å². The zero-order chi connectivity index (χ0) is 25.1. The van der Waals surface area contributed by atoms with Crippen molar-refractivity contribution in [2.24, 2.45) is 10.2 Å². The normalized spacial score (nSPS) is 12.2. The van der Waals surface area contributed by atoms with E-state index in [-0.39, 0.29) is 0 Å². The first kappa shape index (κ1) is 23.2. The van der Waals surface area contributed by atoms with Crippen LogP contribution in [-0.4, -0.2) is 25.8 Å². The first-order chi connectivity index (χ1) is 17.5. The highest BCUT2D eigenvalue weighted by Crippen LogP contribution is 2.24. The Balaban J connectivity index is 1.49. The number of rotatable bonds is 6. The molecular formula is C31H29N5. The van der Waals surface area contributed by atoms with E-state index in [1.165, 1.54) is 0 Å². The van der Waals surface area contributed by atoms with Gasteiger partial charge in [-0.25, -0.2) is 14.3 Å². The Morgan fingerprint density at radius 3 is 1.36 bits per heavy atom. The maximum atomic E-state index is 4.93. The second-order valence-corrected chi connectivity index (χ2v) is 8.85. The first-order valence-corrected chi connectivity index (χ1v) is 12.1. The molecule has 0 unspecified atom stereocenters. The van der Waals surface area contributed by atoms with Crippen LogP contribution in [0, 0.1) is 13.8 Å². The van der Waals surface area contributed by atoms with Crippen LogP contribution in [-0.2, 0) is 0 Å². The van der Waals surface area contributed by atoms with Crippen molar-refractivity contribution >= 4 is 11.4 Å². The molecule has 0 saturated heterocycles. The molecule has 5 aromatic rings. The van der Waals surface area contributed by atoms with Crippen molar-refractivity contribution in [1.29, 1.82) is 0 Å². The van der Waals surface area contributed by atoms with Gasteiger partial charge in [0.05, 0.1) is 34.2 Å². The van der Waals surface area contributed by atoms with Crippen molar-refractivity contribution in [1.82, 2.24) is 14.3 Å². The van der Waals surface area contributed by atoms with Crippen molar-refractivity contribution in [3.8, 4) is 22.5 Å². The highest BCUT2D eigenvalue weighted by atomic mass is 15.4. The second kappa shape index (κ2) is 10.0. The highest BCUT2D eigenvalue weighted by molar-refractivity contribution is 6.00. The molecule has 178 valence electrons. The Morgan fingerprint density at radius 2 is 0.944 bits per heavy atom. The van der Waals surface area contributed by atoms with E-state index >= 15 is 0 Å². The van der Waals surface area contributed by atoms with Crippen LogP contribution < -0.4 is 0 Å². The van der Waals surface area contributed by atoms with E-state index in [1.54, 1.807) is 0 Å². The third kappa shape index (κ3) is 4.68. The molecule has 0 spiro atoms. The van der Waals surface area contributed by atoms with Gasteiger partial charge in [-0.15, -0.1) is 0 Å². The Labute approximate surface area is 212 Å². The lowest BCUT2D eigenvalue weighted by molar-refractivity contribution is 0.851. The van der Waals surface area contributed by atoms with Crippen molar-refractivity contribution in [3.63, 3.8) is 0 Å².